The zero-order valence-electron chi connectivity index (χ0n) is 6.51. The van der Waals surface area contributed by atoms with E-state index in [0.717, 1.165) is 22.4 Å². The predicted molar refractivity (Wildman–Crippen MR) is 55.4 cm³/mol. The van der Waals surface area contributed by atoms with Crippen LogP contribution in [-0.4, -0.2) is 6.54 Å². The Bertz CT molecular complexity index is 277. The van der Waals surface area contributed by atoms with Gasteiger partial charge in [-0.15, -0.1) is 11.3 Å². The van der Waals surface area contributed by atoms with E-state index < -0.39 is 0 Å². The van der Waals surface area contributed by atoms with Gasteiger partial charge in [-0.05, 0) is 28.4 Å². The number of hydrogen-bond donors (Lipinski definition) is 1. The first kappa shape index (κ1) is 9.56. The number of nitrogens with zero attached hydrogens (tertiary/aromatic N) is 1. The lowest BCUT2D eigenvalue weighted by molar-refractivity contribution is 0.900. The number of anilines is 1. The van der Waals surface area contributed by atoms with E-state index in [-0.39, 0.29) is 0 Å². The van der Waals surface area contributed by atoms with Crippen LogP contribution in [0.4, 0.5) is 5.00 Å². The van der Waals surface area contributed by atoms with E-state index in [9.17, 15) is 0 Å². The molecule has 0 saturated heterocycles. The second kappa shape index (κ2) is 5.18. The summed E-state index contributed by atoms with van der Waals surface area (Å²) in [6.07, 6.45) is 1.53. The quantitative estimate of drug-likeness (QED) is 0.826. The molecule has 0 fully saturated rings. The maximum Gasteiger partial charge on any atom is 0.0894 e. The summed E-state index contributed by atoms with van der Waals surface area (Å²) in [5.74, 6) is 0. The molecule has 1 heterocycles. The van der Waals surface area contributed by atoms with E-state index in [4.69, 9.17) is 5.26 Å². The Labute approximate surface area is 84.3 Å². The van der Waals surface area contributed by atoms with Gasteiger partial charge in [0.05, 0.1) is 11.1 Å². The lowest BCUT2D eigenvalue weighted by Gasteiger charge is -1.98. The van der Waals surface area contributed by atoms with Gasteiger partial charge in [-0.25, -0.2) is 0 Å². The van der Waals surface area contributed by atoms with E-state index in [1.165, 1.54) is 0 Å². The van der Waals surface area contributed by atoms with Crippen LogP contribution in [0.25, 0.3) is 0 Å². The Morgan fingerprint density at radius 3 is 3.08 bits per heavy atom. The fourth-order valence-corrected chi connectivity index (χ4v) is 2.13. The minimum absolute atomic E-state index is 0.625. The summed E-state index contributed by atoms with van der Waals surface area (Å²) in [5.41, 5.74) is 0. The Hall–Kier alpha value is -0.530. The minimum Gasteiger partial charge on any atom is -0.377 e. The second-order valence-corrected chi connectivity index (χ2v) is 4.14. The van der Waals surface area contributed by atoms with Crippen LogP contribution < -0.4 is 5.32 Å². The first-order chi connectivity index (χ1) is 5.83. The lowest BCUT2D eigenvalue weighted by atomic mass is 10.3. The van der Waals surface area contributed by atoms with Gasteiger partial charge in [0.15, 0.2) is 0 Å². The van der Waals surface area contributed by atoms with Crippen LogP contribution in [0.1, 0.15) is 12.8 Å². The summed E-state index contributed by atoms with van der Waals surface area (Å²) in [6, 6.07) is 4.15. The van der Waals surface area contributed by atoms with Crippen molar-refractivity contribution in [2.45, 2.75) is 12.8 Å². The fourth-order valence-electron chi connectivity index (χ4n) is 0.785. The van der Waals surface area contributed by atoms with Crippen molar-refractivity contribution in [2.75, 3.05) is 11.9 Å². The largest absolute Gasteiger partial charge is 0.377 e. The average Bonchev–Trinajstić information content (AvgIpc) is 2.45. The molecule has 0 aliphatic carbocycles. The molecule has 0 amide bonds. The van der Waals surface area contributed by atoms with Crippen molar-refractivity contribution < 1.29 is 0 Å². The number of nitriles is 1. The molecule has 0 aliphatic rings. The van der Waals surface area contributed by atoms with Crippen LogP contribution in [0.15, 0.2) is 15.9 Å². The molecule has 0 unspecified atom stereocenters. The van der Waals surface area contributed by atoms with Gasteiger partial charge in [-0.3, -0.25) is 0 Å². The summed E-state index contributed by atoms with van der Waals surface area (Å²) in [7, 11) is 0. The molecule has 0 saturated carbocycles. The Balaban J connectivity index is 2.21. The summed E-state index contributed by atoms with van der Waals surface area (Å²) in [6.45, 7) is 0.876. The van der Waals surface area contributed by atoms with Crippen LogP contribution in [0.2, 0.25) is 0 Å². The molecule has 1 N–H and O–H groups in total. The molecule has 0 spiro atoms. The average molecular weight is 245 g/mol. The zero-order valence-corrected chi connectivity index (χ0v) is 8.91. The highest BCUT2D eigenvalue weighted by Crippen LogP contribution is 2.24. The highest BCUT2D eigenvalue weighted by atomic mass is 79.9. The van der Waals surface area contributed by atoms with Gasteiger partial charge in [0.2, 0.25) is 0 Å². The molecule has 1 rings (SSSR count). The van der Waals surface area contributed by atoms with Gasteiger partial charge in [-0.2, -0.15) is 5.26 Å². The highest BCUT2D eigenvalue weighted by molar-refractivity contribution is 9.10. The molecular formula is C8H9BrN2S. The van der Waals surface area contributed by atoms with Gasteiger partial charge in [-0.1, -0.05) is 0 Å². The van der Waals surface area contributed by atoms with Crippen molar-refractivity contribution in [1.82, 2.24) is 0 Å². The van der Waals surface area contributed by atoms with Gasteiger partial charge in [0.1, 0.15) is 0 Å². The van der Waals surface area contributed by atoms with E-state index in [0.29, 0.717) is 6.42 Å². The van der Waals surface area contributed by atoms with Crippen LogP contribution in [-0.2, 0) is 0 Å². The fraction of sp³-hybridized carbons (Fsp3) is 0.375. The zero-order chi connectivity index (χ0) is 8.81. The normalized spacial score (nSPS) is 9.33. The summed E-state index contributed by atoms with van der Waals surface area (Å²) in [4.78, 5) is 0. The Morgan fingerprint density at radius 2 is 2.50 bits per heavy atom. The number of unbranched alkanes of at least 4 members (excludes halogenated alkanes) is 1. The maximum absolute atomic E-state index is 8.28. The molecule has 0 atom stereocenters. The predicted octanol–water partition coefficient (Wildman–Crippen LogP) is 3.23. The van der Waals surface area contributed by atoms with Crippen molar-refractivity contribution in [3.05, 3.63) is 15.9 Å². The highest BCUT2D eigenvalue weighted by Gasteiger charge is 1.94. The molecule has 1 aromatic heterocycles. The Kier molecular flexibility index (Phi) is 4.12. The van der Waals surface area contributed by atoms with Crippen LogP contribution >= 0.6 is 27.3 Å². The first-order valence-corrected chi connectivity index (χ1v) is 5.35. The van der Waals surface area contributed by atoms with Gasteiger partial charge in [0, 0.05) is 22.8 Å². The summed E-state index contributed by atoms with van der Waals surface area (Å²) < 4.78 is 1.11. The first-order valence-electron chi connectivity index (χ1n) is 3.68. The van der Waals surface area contributed by atoms with Gasteiger partial charge >= 0.3 is 0 Å². The molecule has 12 heavy (non-hydrogen) atoms. The smallest absolute Gasteiger partial charge is 0.0894 e. The number of thiophene rings is 1. The summed E-state index contributed by atoms with van der Waals surface area (Å²) >= 11 is 5.04. The van der Waals surface area contributed by atoms with Crippen molar-refractivity contribution in [3.8, 4) is 6.07 Å². The molecule has 2 nitrogen and oxygen atoms in total. The molecule has 0 radical (unpaired) electrons. The van der Waals surface area contributed by atoms with Crippen molar-refractivity contribution in [3.63, 3.8) is 0 Å². The molecule has 0 bridgehead atoms. The number of hydrogen-bond acceptors (Lipinski definition) is 3. The van der Waals surface area contributed by atoms with Gasteiger partial charge < -0.3 is 5.32 Å². The maximum atomic E-state index is 8.28. The van der Waals surface area contributed by atoms with Crippen molar-refractivity contribution >= 4 is 32.3 Å². The standard InChI is InChI=1S/C8H9BrN2S/c9-7-5-8(12-6-7)11-4-2-1-3-10/h5-6,11H,1-2,4H2. The number of rotatable bonds is 4. The van der Waals surface area contributed by atoms with E-state index in [2.05, 4.69) is 27.3 Å². The third-order valence-corrected chi connectivity index (χ3v) is 2.98. The monoisotopic (exact) mass is 244 g/mol. The summed E-state index contributed by atoms with van der Waals surface area (Å²) in [5, 5.41) is 14.7. The molecule has 64 valence electrons. The topological polar surface area (TPSA) is 35.8 Å². The SMILES string of the molecule is N#CCCCNc1cc(Br)cs1. The van der Waals surface area contributed by atoms with E-state index in [1.807, 2.05) is 11.4 Å². The molecular weight excluding hydrogens is 236 g/mol. The minimum atomic E-state index is 0.625. The molecule has 4 heteroatoms. The molecule has 0 aromatic carbocycles. The van der Waals surface area contributed by atoms with Crippen LogP contribution in [0.5, 0.6) is 0 Å². The van der Waals surface area contributed by atoms with E-state index >= 15 is 0 Å². The number of halogens is 1. The number of nitrogens with one attached hydrogen (secondary N) is 1. The third kappa shape index (κ3) is 3.24. The van der Waals surface area contributed by atoms with Crippen LogP contribution in [0, 0.1) is 11.3 Å². The van der Waals surface area contributed by atoms with Crippen molar-refractivity contribution in [1.29, 1.82) is 5.26 Å². The van der Waals surface area contributed by atoms with E-state index in [1.54, 1.807) is 11.3 Å². The van der Waals surface area contributed by atoms with Crippen molar-refractivity contribution in [2.24, 2.45) is 0 Å². The second-order valence-electron chi connectivity index (χ2n) is 2.32. The lowest BCUT2D eigenvalue weighted by Crippen LogP contribution is -1.98. The molecule has 1 aromatic rings. The third-order valence-electron chi connectivity index (χ3n) is 1.33. The van der Waals surface area contributed by atoms with Crippen LogP contribution in [0.3, 0.4) is 0 Å². The van der Waals surface area contributed by atoms with Gasteiger partial charge in [0.25, 0.3) is 0 Å². The molecule has 0 aliphatic heterocycles. The Morgan fingerprint density at radius 1 is 1.67 bits per heavy atom.